The monoisotopic (exact) mass is 346 g/mol. The molecule has 0 bridgehead atoms. The highest BCUT2D eigenvalue weighted by Crippen LogP contribution is 2.29. The lowest BCUT2D eigenvalue weighted by atomic mass is 9.91. The summed E-state index contributed by atoms with van der Waals surface area (Å²) in [6, 6.07) is 7.19. The number of aliphatic imine (C=N–C) groups is 1. The van der Waals surface area contributed by atoms with Crippen molar-refractivity contribution in [2.24, 2.45) is 10.4 Å². The van der Waals surface area contributed by atoms with Gasteiger partial charge >= 0.3 is 5.97 Å². The van der Waals surface area contributed by atoms with Crippen LogP contribution in [0.15, 0.2) is 29.3 Å². The Kier molecular flexibility index (Phi) is 5.82. The molecule has 6 nitrogen and oxygen atoms in total. The summed E-state index contributed by atoms with van der Waals surface area (Å²) in [7, 11) is 2.93. The van der Waals surface area contributed by atoms with Crippen molar-refractivity contribution in [1.82, 2.24) is 0 Å². The molecule has 1 heterocycles. The molecule has 0 spiro atoms. The van der Waals surface area contributed by atoms with E-state index in [2.05, 4.69) is 4.99 Å². The minimum absolute atomic E-state index is 0.00655. The molecule has 2 rings (SSSR count). The van der Waals surface area contributed by atoms with Gasteiger partial charge in [-0.3, -0.25) is 9.79 Å². The molecule has 6 heteroatoms. The van der Waals surface area contributed by atoms with Crippen LogP contribution in [0.4, 0.5) is 5.69 Å². The third-order valence-corrected chi connectivity index (χ3v) is 3.99. The molecule has 0 saturated heterocycles. The fourth-order valence-corrected chi connectivity index (χ4v) is 2.86. The number of benzene rings is 1. The second kappa shape index (κ2) is 7.68. The highest BCUT2D eigenvalue weighted by atomic mass is 16.5. The van der Waals surface area contributed by atoms with Gasteiger partial charge in [0.2, 0.25) is 5.91 Å². The molecule has 0 fully saturated rings. The Balaban J connectivity index is 2.30. The minimum atomic E-state index is -0.434. The average Bonchev–Trinajstić information content (AvgIpc) is 3.02. The molecule has 0 aliphatic carbocycles. The largest absolute Gasteiger partial charge is 0.497 e. The maximum atomic E-state index is 13.0. The first-order chi connectivity index (χ1) is 11.7. The number of nitrogens with zero attached hydrogens (tertiary/aromatic N) is 2. The van der Waals surface area contributed by atoms with Crippen molar-refractivity contribution in [1.29, 1.82) is 0 Å². The van der Waals surface area contributed by atoms with Gasteiger partial charge in [0, 0.05) is 24.6 Å². The van der Waals surface area contributed by atoms with Crippen molar-refractivity contribution in [2.45, 2.75) is 39.7 Å². The maximum absolute atomic E-state index is 13.0. The van der Waals surface area contributed by atoms with Crippen molar-refractivity contribution < 1.29 is 19.1 Å². The van der Waals surface area contributed by atoms with Gasteiger partial charge in [-0.05, 0) is 17.5 Å². The predicted molar refractivity (Wildman–Crippen MR) is 97.3 cm³/mol. The van der Waals surface area contributed by atoms with E-state index in [4.69, 9.17) is 9.47 Å². The van der Waals surface area contributed by atoms with E-state index in [1.807, 2.05) is 45.0 Å². The van der Waals surface area contributed by atoms with Gasteiger partial charge in [0.1, 0.15) is 11.5 Å². The summed E-state index contributed by atoms with van der Waals surface area (Å²) < 4.78 is 10.0. The number of ether oxygens (including phenoxy) is 2. The molecule has 1 amide bonds. The quantitative estimate of drug-likeness (QED) is 0.769. The van der Waals surface area contributed by atoms with Gasteiger partial charge in [-0.2, -0.15) is 0 Å². The summed E-state index contributed by atoms with van der Waals surface area (Å²) in [4.78, 5) is 30.8. The smallest absolute Gasteiger partial charge is 0.352 e. The topological polar surface area (TPSA) is 68.2 Å². The van der Waals surface area contributed by atoms with Crippen LogP contribution >= 0.6 is 0 Å². The van der Waals surface area contributed by atoms with Crippen molar-refractivity contribution >= 4 is 23.3 Å². The molecular weight excluding hydrogens is 320 g/mol. The molecule has 136 valence electrons. The van der Waals surface area contributed by atoms with Crippen LogP contribution in [0.2, 0.25) is 0 Å². The minimum Gasteiger partial charge on any atom is -0.497 e. The zero-order valence-electron chi connectivity index (χ0n) is 15.5. The van der Waals surface area contributed by atoms with Crippen molar-refractivity contribution in [2.75, 3.05) is 25.7 Å². The third kappa shape index (κ3) is 4.81. The van der Waals surface area contributed by atoms with E-state index in [1.54, 1.807) is 12.0 Å². The van der Waals surface area contributed by atoms with E-state index in [0.717, 1.165) is 5.69 Å². The van der Waals surface area contributed by atoms with E-state index in [1.165, 1.54) is 7.11 Å². The predicted octanol–water partition coefficient (Wildman–Crippen LogP) is 2.85. The molecule has 0 saturated carbocycles. The number of esters is 1. The highest BCUT2D eigenvalue weighted by Gasteiger charge is 2.34. The summed E-state index contributed by atoms with van der Waals surface area (Å²) in [6.07, 6.45) is 0.786. The summed E-state index contributed by atoms with van der Waals surface area (Å²) in [5.74, 6) is 0.251. The zero-order chi connectivity index (χ0) is 18.6. The van der Waals surface area contributed by atoms with Crippen LogP contribution < -0.4 is 9.64 Å². The molecule has 1 atom stereocenters. The van der Waals surface area contributed by atoms with Crippen molar-refractivity contribution in [3.05, 3.63) is 24.3 Å². The fraction of sp³-hybridized carbons (Fsp3) is 0.526. The van der Waals surface area contributed by atoms with Gasteiger partial charge < -0.3 is 14.4 Å². The Labute approximate surface area is 148 Å². The number of anilines is 1. The summed E-state index contributed by atoms with van der Waals surface area (Å²) in [6.45, 7) is 6.47. The lowest BCUT2D eigenvalue weighted by Gasteiger charge is -2.31. The maximum Gasteiger partial charge on any atom is 0.352 e. The molecule has 1 aromatic rings. The molecule has 0 aromatic heterocycles. The number of rotatable bonds is 5. The Bertz CT molecular complexity index is 676. The standard InChI is InChI=1S/C19H26N2O4/c1-19(2,3)11-17(22)21(13-7-6-8-15(9-13)24-4)14-10-16(20-12-14)18(23)25-5/h6-9,14H,10-12H2,1-5H3/t14-/m1/s1. The van der Waals surface area contributed by atoms with Gasteiger partial charge in [0.25, 0.3) is 0 Å². The first-order valence-electron chi connectivity index (χ1n) is 8.33. The number of carbonyl (C=O) groups is 2. The SMILES string of the molecule is COC(=O)C1=NC[C@H](N(C(=O)CC(C)(C)C)c2cccc(OC)c2)C1. The van der Waals surface area contributed by atoms with Gasteiger partial charge in [0.05, 0.1) is 26.8 Å². The number of carbonyl (C=O) groups excluding carboxylic acids is 2. The second-order valence-corrected chi connectivity index (χ2v) is 7.34. The summed E-state index contributed by atoms with van der Waals surface area (Å²) in [5, 5.41) is 0. The molecule has 0 unspecified atom stereocenters. The highest BCUT2D eigenvalue weighted by molar-refractivity contribution is 6.37. The van der Waals surface area contributed by atoms with Crippen molar-refractivity contribution in [3.8, 4) is 5.75 Å². The number of hydrogen-bond donors (Lipinski definition) is 0. The second-order valence-electron chi connectivity index (χ2n) is 7.34. The van der Waals surface area contributed by atoms with Crippen LogP contribution in [-0.2, 0) is 14.3 Å². The molecular formula is C19H26N2O4. The summed E-state index contributed by atoms with van der Waals surface area (Å²) in [5.41, 5.74) is 0.989. The summed E-state index contributed by atoms with van der Waals surface area (Å²) >= 11 is 0. The van der Waals surface area contributed by atoms with Crippen LogP contribution in [-0.4, -0.2) is 44.4 Å². The number of amides is 1. The number of methoxy groups -OCH3 is 2. The first kappa shape index (κ1) is 19.0. The molecule has 25 heavy (non-hydrogen) atoms. The van der Waals surface area contributed by atoms with Gasteiger partial charge in [0.15, 0.2) is 0 Å². The van der Waals surface area contributed by atoms with Crippen LogP contribution in [0.1, 0.15) is 33.6 Å². The normalized spacial score (nSPS) is 17.0. The molecule has 1 aromatic carbocycles. The Morgan fingerprint density at radius 1 is 1.28 bits per heavy atom. The Hall–Kier alpha value is -2.37. The van der Waals surface area contributed by atoms with Gasteiger partial charge in [-0.15, -0.1) is 0 Å². The molecule has 1 aliphatic heterocycles. The zero-order valence-corrected chi connectivity index (χ0v) is 15.5. The third-order valence-electron chi connectivity index (χ3n) is 3.99. The van der Waals surface area contributed by atoms with Crippen molar-refractivity contribution in [3.63, 3.8) is 0 Å². The lowest BCUT2D eigenvalue weighted by Crippen LogP contribution is -2.43. The Morgan fingerprint density at radius 3 is 2.60 bits per heavy atom. The lowest BCUT2D eigenvalue weighted by molar-refractivity contribution is -0.132. The van der Waals surface area contributed by atoms with E-state index in [9.17, 15) is 9.59 Å². The Morgan fingerprint density at radius 2 is 2.00 bits per heavy atom. The van der Waals surface area contributed by atoms with Crippen LogP contribution in [0, 0.1) is 5.41 Å². The van der Waals surface area contributed by atoms with Crippen LogP contribution in [0.25, 0.3) is 0 Å². The first-order valence-corrected chi connectivity index (χ1v) is 8.33. The van der Waals surface area contributed by atoms with Crippen LogP contribution in [0.5, 0.6) is 5.75 Å². The molecule has 0 N–H and O–H groups in total. The molecule has 0 radical (unpaired) electrons. The number of hydrogen-bond acceptors (Lipinski definition) is 5. The molecule has 1 aliphatic rings. The van der Waals surface area contributed by atoms with Gasteiger partial charge in [-0.25, -0.2) is 4.79 Å². The van der Waals surface area contributed by atoms with Crippen LogP contribution in [0.3, 0.4) is 0 Å². The van der Waals surface area contributed by atoms with E-state index in [-0.39, 0.29) is 17.4 Å². The van der Waals surface area contributed by atoms with E-state index in [0.29, 0.717) is 30.8 Å². The van der Waals surface area contributed by atoms with E-state index < -0.39 is 5.97 Å². The average molecular weight is 346 g/mol. The van der Waals surface area contributed by atoms with E-state index >= 15 is 0 Å². The van der Waals surface area contributed by atoms with Gasteiger partial charge in [-0.1, -0.05) is 26.8 Å². The fourth-order valence-electron chi connectivity index (χ4n) is 2.86.